The monoisotopic (exact) mass is 209 g/mol. The average Bonchev–Trinajstić information content (AvgIpc) is 2.19. The van der Waals surface area contributed by atoms with Gasteiger partial charge in [-0.2, -0.15) is 0 Å². The lowest BCUT2D eigenvalue weighted by Gasteiger charge is -2.26. The molecule has 3 N–H and O–H groups in total. The van der Waals surface area contributed by atoms with Gasteiger partial charge in [-0.15, -0.1) is 0 Å². The molecule has 0 aliphatic rings. The molecule has 0 fully saturated rings. The minimum atomic E-state index is -0.541. The lowest BCUT2D eigenvalue weighted by Crippen LogP contribution is -2.34. The number of hydrogen-bond acceptors (Lipinski definition) is 3. The van der Waals surface area contributed by atoms with Crippen LogP contribution in [-0.4, -0.2) is 18.3 Å². The number of aliphatic hydroxyl groups excluding tert-OH is 1. The highest BCUT2D eigenvalue weighted by atomic mass is 16.5. The zero-order chi connectivity index (χ0) is 11.3. The summed E-state index contributed by atoms with van der Waals surface area (Å²) < 4.78 is 5.51. The Labute approximate surface area is 90.9 Å². The summed E-state index contributed by atoms with van der Waals surface area (Å²) in [6.07, 6.45) is 0.525. The van der Waals surface area contributed by atoms with E-state index in [1.165, 1.54) is 0 Å². The number of aliphatic hydroxyl groups is 1. The van der Waals surface area contributed by atoms with Gasteiger partial charge in [0.1, 0.15) is 5.75 Å². The van der Waals surface area contributed by atoms with Crippen LogP contribution in [0.25, 0.3) is 0 Å². The summed E-state index contributed by atoms with van der Waals surface area (Å²) >= 11 is 0. The molecule has 0 saturated heterocycles. The van der Waals surface area contributed by atoms with Gasteiger partial charge in [0, 0.05) is 17.7 Å². The zero-order valence-electron chi connectivity index (χ0n) is 9.36. The Morgan fingerprint density at radius 3 is 2.67 bits per heavy atom. The Morgan fingerprint density at radius 1 is 1.40 bits per heavy atom. The first kappa shape index (κ1) is 12.0. The number of nitrogens with two attached hydrogens (primary N) is 1. The SMILES string of the molecule is CCOc1ccccc1C(C)(N)CCO. The second-order valence-electron chi connectivity index (χ2n) is 3.82. The molecule has 1 aromatic rings. The molecule has 0 saturated carbocycles. The van der Waals surface area contributed by atoms with Crippen molar-refractivity contribution < 1.29 is 9.84 Å². The standard InChI is InChI=1S/C12H19NO2/c1-3-15-11-7-5-4-6-10(11)12(2,13)8-9-14/h4-7,14H,3,8-9,13H2,1-2H3. The molecule has 0 aromatic heterocycles. The smallest absolute Gasteiger partial charge is 0.124 e. The van der Waals surface area contributed by atoms with E-state index in [-0.39, 0.29) is 6.61 Å². The van der Waals surface area contributed by atoms with Gasteiger partial charge in [0.15, 0.2) is 0 Å². The van der Waals surface area contributed by atoms with E-state index in [1.807, 2.05) is 38.1 Å². The molecule has 84 valence electrons. The molecular weight excluding hydrogens is 190 g/mol. The topological polar surface area (TPSA) is 55.5 Å². The fraction of sp³-hybridized carbons (Fsp3) is 0.500. The van der Waals surface area contributed by atoms with Gasteiger partial charge < -0.3 is 15.6 Å². The number of para-hydroxylation sites is 1. The largest absolute Gasteiger partial charge is 0.494 e. The molecule has 3 heteroatoms. The first-order valence-corrected chi connectivity index (χ1v) is 5.24. The molecule has 3 nitrogen and oxygen atoms in total. The molecule has 0 spiro atoms. The minimum Gasteiger partial charge on any atom is -0.494 e. The maximum atomic E-state index is 8.96. The summed E-state index contributed by atoms with van der Waals surface area (Å²) in [7, 11) is 0. The van der Waals surface area contributed by atoms with Crippen molar-refractivity contribution in [3.05, 3.63) is 29.8 Å². The summed E-state index contributed by atoms with van der Waals surface area (Å²) in [4.78, 5) is 0. The van der Waals surface area contributed by atoms with Crippen molar-refractivity contribution in [3.8, 4) is 5.75 Å². The van der Waals surface area contributed by atoms with Crippen LogP contribution in [0.1, 0.15) is 25.8 Å². The van der Waals surface area contributed by atoms with E-state index < -0.39 is 5.54 Å². The van der Waals surface area contributed by atoms with Crippen LogP contribution in [0, 0.1) is 0 Å². The first-order chi connectivity index (χ1) is 7.11. The van der Waals surface area contributed by atoms with Gasteiger partial charge in [-0.05, 0) is 26.3 Å². The zero-order valence-corrected chi connectivity index (χ0v) is 9.36. The highest BCUT2D eigenvalue weighted by molar-refractivity contribution is 5.38. The van der Waals surface area contributed by atoms with E-state index in [0.717, 1.165) is 11.3 Å². The van der Waals surface area contributed by atoms with Gasteiger partial charge >= 0.3 is 0 Å². The van der Waals surface area contributed by atoms with Crippen LogP contribution in [0.4, 0.5) is 0 Å². The van der Waals surface area contributed by atoms with Gasteiger partial charge in [-0.3, -0.25) is 0 Å². The van der Waals surface area contributed by atoms with E-state index in [0.29, 0.717) is 13.0 Å². The van der Waals surface area contributed by atoms with Crippen LogP contribution < -0.4 is 10.5 Å². The Bertz CT molecular complexity index is 310. The number of hydrogen-bond donors (Lipinski definition) is 2. The third kappa shape index (κ3) is 2.94. The second kappa shape index (κ2) is 5.14. The van der Waals surface area contributed by atoms with Crippen molar-refractivity contribution in [2.24, 2.45) is 5.73 Å². The number of ether oxygens (including phenoxy) is 1. The van der Waals surface area contributed by atoms with Gasteiger partial charge in [-0.25, -0.2) is 0 Å². The van der Waals surface area contributed by atoms with Crippen LogP contribution in [0.2, 0.25) is 0 Å². The third-order valence-corrected chi connectivity index (χ3v) is 2.43. The van der Waals surface area contributed by atoms with Gasteiger partial charge in [0.25, 0.3) is 0 Å². The molecule has 1 aromatic carbocycles. The fourth-order valence-corrected chi connectivity index (χ4v) is 1.59. The normalized spacial score (nSPS) is 14.7. The minimum absolute atomic E-state index is 0.0768. The van der Waals surface area contributed by atoms with Crippen molar-refractivity contribution in [2.45, 2.75) is 25.8 Å². The van der Waals surface area contributed by atoms with E-state index in [1.54, 1.807) is 0 Å². The van der Waals surface area contributed by atoms with E-state index in [9.17, 15) is 0 Å². The van der Waals surface area contributed by atoms with Crippen molar-refractivity contribution >= 4 is 0 Å². The molecule has 1 unspecified atom stereocenters. The summed E-state index contributed by atoms with van der Waals surface area (Å²) in [5.41, 5.74) is 6.54. The van der Waals surface area contributed by atoms with Crippen molar-refractivity contribution in [2.75, 3.05) is 13.2 Å². The van der Waals surface area contributed by atoms with Crippen molar-refractivity contribution in [3.63, 3.8) is 0 Å². The van der Waals surface area contributed by atoms with Gasteiger partial charge in [0.2, 0.25) is 0 Å². The molecule has 0 bridgehead atoms. The summed E-state index contributed by atoms with van der Waals surface area (Å²) in [5, 5.41) is 8.96. The molecule has 15 heavy (non-hydrogen) atoms. The Kier molecular flexibility index (Phi) is 4.12. The Balaban J connectivity index is 3.00. The molecule has 0 amide bonds. The van der Waals surface area contributed by atoms with Gasteiger partial charge in [0.05, 0.1) is 6.61 Å². The predicted octanol–water partition coefficient (Wildman–Crippen LogP) is 1.64. The predicted molar refractivity (Wildman–Crippen MR) is 60.9 cm³/mol. The lowest BCUT2D eigenvalue weighted by molar-refractivity contribution is 0.242. The molecule has 0 aliphatic carbocycles. The van der Waals surface area contributed by atoms with Crippen LogP contribution in [0.3, 0.4) is 0 Å². The third-order valence-electron chi connectivity index (χ3n) is 2.43. The van der Waals surface area contributed by atoms with E-state index in [2.05, 4.69) is 0 Å². The van der Waals surface area contributed by atoms with Crippen LogP contribution in [-0.2, 0) is 5.54 Å². The second-order valence-corrected chi connectivity index (χ2v) is 3.82. The number of benzene rings is 1. The van der Waals surface area contributed by atoms with Gasteiger partial charge in [-0.1, -0.05) is 18.2 Å². The highest BCUT2D eigenvalue weighted by Gasteiger charge is 2.23. The molecule has 0 heterocycles. The maximum absolute atomic E-state index is 8.96. The van der Waals surface area contributed by atoms with Crippen LogP contribution >= 0.6 is 0 Å². The number of rotatable bonds is 5. The van der Waals surface area contributed by atoms with Crippen molar-refractivity contribution in [1.82, 2.24) is 0 Å². The summed E-state index contributed by atoms with van der Waals surface area (Å²) in [6, 6.07) is 7.70. The lowest BCUT2D eigenvalue weighted by atomic mass is 9.89. The van der Waals surface area contributed by atoms with Crippen LogP contribution in [0.15, 0.2) is 24.3 Å². The highest BCUT2D eigenvalue weighted by Crippen LogP contribution is 2.30. The maximum Gasteiger partial charge on any atom is 0.124 e. The Hall–Kier alpha value is -1.06. The molecule has 1 atom stereocenters. The van der Waals surface area contributed by atoms with Crippen LogP contribution in [0.5, 0.6) is 5.75 Å². The summed E-state index contributed by atoms with van der Waals surface area (Å²) in [6.45, 7) is 4.54. The van der Waals surface area contributed by atoms with Crippen molar-refractivity contribution in [1.29, 1.82) is 0 Å². The first-order valence-electron chi connectivity index (χ1n) is 5.24. The average molecular weight is 209 g/mol. The van der Waals surface area contributed by atoms with E-state index in [4.69, 9.17) is 15.6 Å². The molecule has 1 rings (SSSR count). The summed E-state index contributed by atoms with van der Waals surface area (Å²) in [5.74, 6) is 0.804. The molecule has 0 radical (unpaired) electrons. The Morgan fingerprint density at radius 2 is 2.07 bits per heavy atom. The molecule has 0 aliphatic heterocycles. The quantitative estimate of drug-likeness (QED) is 0.775. The van der Waals surface area contributed by atoms with E-state index >= 15 is 0 Å². The fourth-order valence-electron chi connectivity index (χ4n) is 1.59. The molecular formula is C12H19NO2.